The molecule has 0 unspecified atom stereocenters. The lowest BCUT2D eigenvalue weighted by Gasteiger charge is -2.09. The number of para-hydroxylation sites is 1. The number of nitrogens with one attached hydrogen (secondary N) is 1. The van der Waals surface area contributed by atoms with Gasteiger partial charge in [-0.3, -0.25) is 9.78 Å². The number of ether oxygens (including phenoxy) is 1. The number of fused-ring (bicyclic) bond motifs is 1. The Balaban J connectivity index is 1.49. The molecule has 0 aliphatic carbocycles. The Morgan fingerprint density at radius 2 is 1.96 bits per heavy atom. The Kier molecular flexibility index (Phi) is 5.01. The number of benzene rings is 2. The van der Waals surface area contributed by atoms with E-state index in [1.807, 2.05) is 30.3 Å². The highest BCUT2D eigenvalue weighted by Gasteiger charge is 2.05. The number of aromatic nitrogens is 1. The molecular formula is C19H17FN2O2. The fraction of sp³-hybridized carbons (Fsp3) is 0.158. The van der Waals surface area contributed by atoms with Gasteiger partial charge in [0, 0.05) is 11.6 Å². The summed E-state index contributed by atoms with van der Waals surface area (Å²) in [6.45, 7) is 0.710. The molecule has 3 rings (SSSR count). The van der Waals surface area contributed by atoms with Crippen LogP contribution in [0.1, 0.15) is 5.56 Å². The molecule has 0 radical (unpaired) electrons. The van der Waals surface area contributed by atoms with E-state index in [2.05, 4.69) is 10.3 Å². The second-order valence-corrected chi connectivity index (χ2v) is 5.34. The standard InChI is InChI=1S/C19H17FN2O2/c20-16-7-1-4-14(12-16)13-18(23)21-10-11-24-17-8-2-5-15-6-3-9-22-19(15)17/h1-9,12H,10-11,13H2,(H,21,23). The van der Waals surface area contributed by atoms with Gasteiger partial charge in [-0.1, -0.05) is 30.3 Å². The lowest BCUT2D eigenvalue weighted by Crippen LogP contribution is -2.29. The smallest absolute Gasteiger partial charge is 0.224 e. The maximum Gasteiger partial charge on any atom is 0.224 e. The molecule has 1 aromatic heterocycles. The van der Waals surface area contributed by atoms with Crippen molar-refractivity contribution in [2.75, 3.05) is 13.2 Å². The minimum absolute atomic E-state index is 0.146. The number of hydrogen-bond donors (Lipinski definition) is 1. The third-order valence-corrected chi connectivity index (χ3v) is 3.53. The van der Waals surface area contributed by atoms with Gasteiger partial charge in [-0.25, -0.2) is 4.39 Å². The second-order valence-electron chi connectivity index (χ2n) is 5.34. The van der Waals surface area contributed by atoms with Crippen LogP contribution in [0.3, 0.4) is 0 Å². The van der Waals surface area contributed by atoms with Crippen LogP contribution in [-0.2, 0) is 11.2 Å². The minimum atomic E-state index is -0.341. The summed E-state index contributed by atoms with van der Waals surface area (Å²) in [6, 6.07) is 15.6. The van der Waals surface area contributed by atoms with Crippen LogP contribution in [0.25, 0.3) is 10.9 Å². The number of pyridine rings is 1. The van der Waals surface area contributed by atoms with Gasteiger partial charge in [-0.05, 0) is 29.8 Å². The number of halogens is 1. The molecule has 0 aliphatic rings. The Labute approximate surface area is 139 Å². The number of amides is 1. The van der Waals surface area contributed by atoms with Gasteiger partial charge in [0.25, 0.3) is 0 Å². The molecule has 0 saturated heterocycles. The molecule has 0 atom stereocenters. The summed E-state index contributed by atoms with van der Waals surface area (Å²) in [5.74, 6) is 0.180. The van der Waals surface area contributed by atoms with Gasteiger partial charge in [0.1, 0.15) is 23.7 Å². The fourth-order valence-electron chi connectivity index (χ4n) is 2.44. The molecule has 0 saturated carbocycles. The first-order chi connectivity index (χ1) is 11.7. The van der Waals surface area contributed by atoms with E-state index in [0.717, 1.165) is 10.9 Å². The molecule has 4 nitrogen and oxygen atoms in total. The van der Waals surface area contributed by atoms with Crippen LogP contribution >= 0.6 is 0 Å². The molecule has 122 valence electrons. The number of nitrogens with zero attached hydrogens (tertiary/aromatic N) is 1. The van der Waals surface area contributed by atoms with Gasteiger partial charge in [0.2, 0.25) is 5.91 Å². The van der Waals surface area contributed by atoms with Crippen molar-refractivity contribution in [1.82, 2.24) is 10.3 Å². The summed E-state index contributed by atoms with van der Waals surface area (Å²) in [7, 11) is 0. The highest BCUT2D eigenvalue weighted by molar-refractivity contribution is 5.84. The zero-order valence-corrected chi connectivity index (χ0v) is 13.0. The lowest BCUT2D eigenvalue weighted by atomic mass is 10.1. The molecule has 1 N–H and O–H groups in total. The molecule has 0 fully saturated rings. The SMILES string of the molecule is O=C(Cc1cccc(F)c1)NCCOc1cccc2cccnc12. The molecular weight excluding hydrogens is 307 g/mol. The molecule has 0 bridgehead atoms. The normalized spacial score (nSPS) is 10.5. The zero-order chi connectivity index (χ0) is 16.8. The van der Waals surface area contributed by atoms with Crippen LogP contribution in [0.2, 0.25) is 0 Å². The number of hydrogen-bond acceptors (Lipinski definition) is 3. The molecule has 0 aliphatic heterocycles. The van der Waals surface area contributed by atoms with Crippen LogP contribution in [0.15, 0.2) is 60.8 Å². The van der Waals surface area contributed by atoms with E-state index in [4.69, 9.17) is 4.74 Å². The van der Waals surface area contributed by atoms with E-state index in [-0.39, 0.29) is 18.1 Å². The molecule has 24 heavy (non-hydrogen) atoms. The highest BCUT2D eigenvalue weighted by atomic mass is 19.1. The molecule has 0 spiro atoms. The van der Waals surface area contributed by atoms with E-state index < -0.39 is 0 Å². The van der Waals surface area contributed by atoms with Crippen molar-refractivity contribution in [2.45, 2.75) is 6.42 Å². The topological polar surface area (TPSA) is 51.2 Å². The van der Waals surface area contributed by atoms with Crippen molar-refractivity contribution in [2.24, 2.45) is 0 Å². The highest BCUT2D eigenvalue weighted by Crippen LogP contribution is 2.22. The summed E-state index contributed by atoms with van der Waals surface area (Å²) in [4.78, 5) is 16.2. The van der Waals surface area contributed by atoms with Gasteiger partial charge >= 0.3 is 0 Å². The first-order valence-electron chi connectivity index (χ1n) is 7.70. The molecule has 5 heteroatoms. The van der Waals surface area contributed by atoms with E-state index >= 15 is 0 Å². The quantitative estimate of drug-likeness (QED) is 0.709. The van der Waals surface area contributed by atoms with Gasteiger partial charge in [0.05, 0.1) is 13.0 Å². The maximum absolute atomic E-state index is 13.1. The van der Waals surface area contributed by atoms with Gasteiger partial charge < -0.3 is 10.1 Å². The van der Waals surface area contributed by atoms with Crippen LogP contribution in [0.4, 0.5) is 4.39 Å². The average molecular weight is 324 g/mol. The number of rotatable bonds is 6. The van der Waals surface area contributed by atoms with Crippen molar-refractivity contribution in [3.05, 3.63) is 72.2 Å². The van der Waals surface area contributed by atoms with E-state index in [9.17, 15) is 9.18 Å². The maximum atomic E-state index is 13.1. The minimum Gasteiger partial charge on any atom is -0.489 e. The van der Waals surface area contributed by atoms with Crippen LogP contribution in [0.5, 0.6) is 5.75 Å². The third-order valence-electron chi connectivity index (χ3n) is 3.53. The lowest BCUT2D eigenvalue weighted by molar-refractivity contribution is -0.120. The van der Waals surface area contributed by atoms with E-state index in [1.54, 1.807) is 18.3 Å². The third kappa shape index (κ3) is 4.07. The van der Waals surface area contributed by atoms with Crippen molar-refractivity contribution in [3.8, 4) is 5.75 Å². The van der Waals surface area contributed by atoms with E-state index in [1.165, 1.54) is 12.1 Å². The molecule has 1 heterocycles. The van der Waals surface area contributed by atoms with Gasteiger partial charge in [0.15, 0.2) is 0 Å². The predicted molar refractivity (Wildman–Crippen MR) is 90.4 cm³/mol. The summed E-state index contributed by atoms with van der Waals surface area (Å²) in [6.07, 6.45) is 1.86. The van der Waals surface area contributed by atoms with Crippen LogP contribution in [0, 0.1) is 5.82 Å². The Bertz CT molecular complexity index is 846. The van der Waals surface area contributed by atoms with Crippen LogP contribution in [-0.4, -0.2) is 24.0 Å². The summed E-state index contributed by atoms with van der Waals surface area (Å²) in [5, 5.41) is 3.77. The van der Waals surface area contributed by atoms with Crippen molar-refractivity contribution < 1.29 is 13.9 Å². The van der Waals surface area contributed by atoms with Crippen molar-refractivity contribution in [3.63, 3.8) is 0 Å². The number of carbonyl (C=O) groups is 1. The Morgan fingerprint density at radius 3 is 2.83 bits per heavy atom. The predicted octanol–water partition coefficient (Wildman–Crippen LogP) is 3.11. The first kappa shape index (κ1) is 15.9. The van der Waals surface area contributed by atoms with Crippen LogP contribution < -0.4 is 10.1 Å². The Hall–Kier alpha value is -2.95. The monoisotopic (exact) mass is 324 g/mol. The second kappa shape index (κ2) is 7.55. The summed E-state index contributed by atoms with van der Waals surface area (Å²) in [5.41, 5.74) is 1.44. The molecule has 1 amide bonds. The van der Waals surface area contributed by atoms with E-state index in [0.29, 0.717) is 24.5 Å². The zero-order valence-electron chi connectivity index (χ0n) is 13.0. The molecule has 3 aromatic rings. The largest absolute Gasteiger partial charge is 0.489 e. The fourth-order valence-corrected chi connectivity index (χ4v) is 2.44. The number of carbonyl (C=O) groups excluding carboxylic acids is 1. The average Bonchev–Trinajstić information content (AvgIpc) is 2.59. The van der Waals surface area contributed by atoms with Crippen molar-refractivity contribution in [1.29, 1.82) is 0 Å². The first-order valence-corrected chi connectivity index (χ1v) is 7.70. The summed E-state index contributed by atoms with van der Waals surface area (Å²) >= 11 is 0. The Morgan fingerprint density at radius 1 is 1.12 bits per heavy atom. The van der Waals surface area contributed by atoms with Gasteiger partial charge in [-0.15, -0.1) is 0 Å². The molecule has 2 aromatic carbocycles. The van der Waals surface area contributed by atoms with Crippen molar-refractivity contribution >= 4 is 16.8 Å². The van der Waals surface area contributed by atoms with Gasteiger partial charge in [-0.2, -0.15) is 0 Å². The summed E-state index contributed by atoms with van der Waals surface area (Å²) < 4.78 is 18.8.